The topological polar surface area (TPSA) is 75.3 Å². The van der Waals surface area contributed by atoms with Gasteiger partial charge in [-0.1, -0.05) is 6.92 Å². The summed E-state index contributed by atoms with van der Waals surface area (Å²) in [5.41, 5.74) is 0. The van der Waals surface area contributed by atoms with Gasteiger partial charge in [-0.05, 0) is 68.0 Å². The Morgan fingerprint density at radius 1 is 1.19 bits per heavy atom. The largest absolute Gasteiger partial charge is 0.355 e. The van der Waals surface area contributed by atoms with E-state index in [4.69, 9.17) is 0 Å². The number of benzene rings is 1. The van der Waals surface area contributed by atoms with Crippen molar-refractivity contribution in [1.82, 2.24) is 10.0 Å². The van der Waals surface area contributed by atoms with Gasteiger partial charge in [-0.2, -0.15) is 0 Å². The van der Waals surface area contributed by atoms with Crippen molar-refractivity contribution in [3.63, 3.8) is 0 Å². The second-order valence-corrected chi connectivity index (χ2v) is 9.76. The average molecular weight is 403 g/mol. The molecule has 8 heteroatoms. The summed E-state index contributed by atoms with van der Waals surface area (Å²) < 4.78 is 39.6. The number of hydrogen-bond acceptors (Lipinski definition) is 4. The zero-order valence-electron chi connectivity index (χ0n) is 15.0. The van der Waals surface area contributed by atoms with Gasteiger partial charge in [0, 0.05) is 17.5 Å². The highest BCUT2D eigenvalue weighted by Crippen LogP contribution is 2.23. The molecule has 1 fully saturated rings. The standard InChI is InChI=1S/C18H27FN2O3S2/c1-14-3-7-16(8-4-14)21-26(23,24)13-18(22)20-11-2-12-25-17-9-5-15(19)6-10-17/h5-6,9-10,14,16,21H,2-4,7-8,11-13H2,1H3,(H,20,22). The molecule has 146 valence electrons. The van der Waals surface area contributed by atoms with E-state index in [2.05, 4.69) is 17.0 Å². The fourth-order valence-electron chi connectivity index (χ4n) is 2.92. The van der Waals surface area contributed by atoms with E-state index in [1.807, 2.05) is 0 Å². The van der Waals surface area contributed by atoms with Crippen LogP contribution in [0.3, 0.4) is 0 Å². The molecule has 0 atom stereocenters. The number of hydrogen-bond donors (Lipinski definition) is 2. The third-order valence-electron chi connectivity index (χ3n) is 4.41. The Labute approximate surface area is 159 Å². The lowest BCUT2D eigenvalue weighted by Gasteiger charge is -2.26. The van der Waals surface area contributed by atoms with Crippen molar-refractivity contribution in [2.24, 2.45) is 5.92 Å². The summed E-state index contributed by atoms with van der Waals surface area (Å²) in [7, 11) is -3.59. The molecule has 0 radical (unpaired) electrons. The van der Waals surface area contributed by atoms with E-state index in [9.17, 15) is 17.6 Å². The summed E-state index contributed by atoms with van der Waals surface area (Å²) in [6.45, 7) is 2.59. The van der Waals surface area contributed by atoms with Gasteiger partial charge in [0.15, 0.2) is 0 Å². The summed E-state index contributed by atoms with van der Waals surface area (Å²) in [4.78, 5) is 12.8. The van der Waals surface area contributed by atoms with Crippen molar-refractivity contribution in [3.8, 4) is 0 Å². The number of nitrogens with one attached hydrogen (secondary N) is 2. The van der Waals surface area contributed by atoms with Crippen LogP contribution in [-0.4, -0.2) is 38.4 Å². The third-order valence-corrected chi connectivity index (χ3v) is 6.84. The van der Waals surface area contributed by atoms with Crippen molar-refractivity contribution in [2.75, 3.05) is 18.1 Å². The molecule has 1 aromatic rings. The van der Waals surface area contributed by atoms with Gasteiger partial charge in [0.1, 0.15) is 11.6 Å². The number of rotatable bonds is 9. The predicted octanol–water partition coefficient (Wildman–Crippen LogP) is 2.92. The Kier molecular flexibility index (Phi) is 8.37. The molecule has 2 N–H and O–H groups in total. The van der Waals surface area contributed by atoms with Crippen molar-refractivity contribution >= 4 is 27.7 Å². The molecule has 0 spiro atoms. The highest BCUT2D eigenvalue weighted by Gasteiger charge is 2.24. The van der Waals surface area contributed by atoms with Gasteiger partial charge < -0.3 is 5.32 Å². The van der Waals surface area contributed by atoms with Gasteiger partial charge in [-0.3, -0.25) is 4.79 Å². The van der Waals surface area contributed by atoms with Crippen molar-refractivity contribution in [2.45, 2.75) is 50.0 Å². The van der Waals surface area contributed by atoms with Gasteiger partial charge in [0.05, 0.1) is 0 Å². The van der Waals surface area contributed by atoms with Gasteiger partial charge >= 0.3 is 0 Å². The molecule has 1 aliphatic carbocycles. The number of carbonyl (C=O) groups excluding carboxylic acids is 1. The van der Waals surface area contributed by atoms with Crippen LogP contribution in [-0.2, 0) is 14.8 Å². The molecule has 0 aromatic heterocycles. The Morgan fingerprint density at radius 3 is 2.50 bits per heavy atom. The molecule has 1 saturated carbocycles. The number of halogens is 1. The van der Waals surface area contributed by atoms with Gasteiger partial charge in [0.25, 0.3) is 0 Å². The summed E-state index contributed by atoms with van der Waals surface area (Å²) >= 11 is 1.57. The number of amides is 1. The monoisotopic (exact) mass is 402 g/mol. The lowest BCUT2D eigenvalue weighted by molar-refractivity contribution is -0.118. The van der Waals surface area contributed by atoms with E-state index in [0.29, 0.717) is 18.9 Å². The summed E-state index contributed by atoms with van der Waals surface area (Å²) in [5.74, 6) is 0.140. The zero-order chi connectivity index (χ0) is 19.0. The van der Waals surface area contributed by atoms with E-state index < -0.39 is 21.7 Å². The Hall–Kier alpha value is -1.12. The van der Waals surface area contributed by atoms with Crippen LogP contribution in [0, 0.1) is 11.7 Å². The molecule has 0 saturated heterocycles. The van der Waals surface area contributed by atoms with E-state index in [0.717, 1.165) is 36.3 Å². The minimum absolute atomic E-state index is 0.0453. The molecular formula is C18H27FN2O3S2. The Bertz CT molecular complexity index is 672. The van der Waals surface area contributed by atoms with Crippen molar-refractivity contribution in [3.05, 3.63) is 30.1 Å². The lowest BCUT2D eigenvalue weighted by atomic mass is 9.88. The van der Waals surface area contributed by atoms with Crippen LogP contribution >= 0.6 is 11.8 Å². The van der Waals surface area contributed by atoms with Crippen molar-refractivity contribution < 1.29 is 17.6 Å². The Balaban J connectivity index is 1.60. The first-order valence-electron chi connectivity index (χ1n) is 8.99. The maximum Gasteiger partial charge on any atom is 0.236 e. The third kappa shape index (κ3) is 8.05. The fourth-order valence-corrected chi connectivity index (χ4v) is 5.05. The molecule has 1 amide bonds. The SMILES string of the molecule is CC1CCC(NS(=O)(=O)CC(=O)NCCCSc2ccc(F)cc2)CC1. The van der Waals surface area contributed by atoms with Crippen LogP contribution in [0.5, 0.6) is 0 Å². The first-order chi connectivity index (χ1) is 12.3. The molecule has 2 rings (SSSR count). The van der Waals surface area contributed by atoms with Crippen LogP contribution in [0.4, 0.5) is 4.39 Å². The zero-order valence-corrected chi connectivity index (χ0v) is 16.7. The maximum atomic E-state index is 12.8. The predicted molar refractivity (Wildman–Crippen MR) is 103 cm³/mol. The van der Waals surface area contributed by atoms with Gasteiger partial charge in [-0.25, -0.2) is 17.5 Å². The number of sulfonamides is 1. The minimum atomic E-state index is -3.59. The molecule has 0 bridgehead atoms. The van der Waals surface area contributed by atoms with E-state index in [-0.39, 0.29) is 11.9 Å². The maximum absolute atomic E-state index is 12.8. The normalized spacial score (nSPS) is 20.7. The summed E-state index contributed by atoms with van der Waals surface area (Å²) in [6, 6.07) is 6.20. The number of carbonyl (C=O) groups is 1. The van der Waals surface area contributed by atoms with Crippen LogP contribution in [0.1, 0.15) is 39.0 Å². The van der Waals surface area contributed by atoms with Crippen LogP contribution in [0.25, 0.3) is 0 Å². The highest BCUT2D eigenvalue weighted by molar-refractivity contribution is 7.99. The molecule has 5 nitrogen and oxygen atoms in total. The molecule has 1 aromatic carbocycles. The van der Waals surface area contributed by atoms with E-state index in [1.54, 1.807) is 23.9 Å². The molecular weight excluding hydrogens is 375 g/mol. The molecule has 1 aliphatic rings. The van der Waals surface area contributed by atoms with Crippen LogP contribution < -0.4 is 10.0 Å². The smallest absolute Gasteiger partial charge is 0.236 e. The van der Waals surface area contributed by atoms with Crippen LogP contribution in [0.2, 0.25) is 0 Å². The van der Waals surface area contributed by atoms with Gasteiger partial charge in [-0.15, -0.1) is 11.8 Å². The lowest BCUT2D eigenvalue weighted by Crippen LogP contribution is -2.42. The molecule has 26 heavy (non-hydrogen) atoms. The van der Waals surface area contributed by atoms with E-state index in [1.165, 1.54) is 12.1 Å². The second-order valence-electron chi connectivity index (χ2n) is 6.84. The molecule has 0 unspecified atom stereocenters. The molecule has 0 aliphatic heterocycles. The quantitative estimate of drug-likeness (QED) is 0.492. The van der Waals surface area contributed by atoms with Crippen LogP contribution in [0.15, 0.2) is 29.2 Å². The molecule has 0 heterocycles. The first-order valence-corrected chi connectivity index (χ1v) is 11.6. The first kappa shape index (κ1) is 21.2. The highest BCUT2D eigenvalue weighted by atomic mass is 32.2. The summed E-state index contributed by atoms with van der Waals surface area (Å²) in [5, 5.41) is 2.65. The second kappa shape index (κ2) is 10.3. The minimum Gasteiger partial charge on any atom is -0.355 e. The Morgan fingerprint density at radius 2 is 1.85 bits per heavy atom. The van der Waals surface area contributed by atoms with Crippen molar-refractivity contribution in [1.29, 1.82) is 0 Å². The fraction of sp³-hybridized carbons (Fsp3) is 0.611. The number of thioether (sulfide) groups is 1. The van der Waals surface area contributed by atoms with Gasteiger partial charge in [0.2, 0.25) is 15.9 Å². The average Bonchev–Trinajstić information content (AvgIpc) is 2.57. The van der Waals surface area contributed by atoms with E-state index >= 15 is 0 Å². The summed E-state index contributed by atoms with van der Waals surface area (Å²) in [6.07, 6.45) is 4.42.